The molecule has 2 aromatic heterocycles. The van der Waals surface area contributed by atoms with Gasteiger partial charge in [0.15, 0.2) is 0 Å². The number of nitrogens with zero attached hydrogens (tertiary/aromatic N) is 2. The summed E-state index contributed by atoms with van der Waals surface area (Å²) in [5.74, 6) is -0.837. The van der Waals surface area contributed by atoms with E-state index >= 15 is 4.39 Å². The third-order valence-electron chi connectivity index (χ3n) is 7.08. The molecule has 1 unspecified atom stereocenters. The van der Waals surface area contributed by atoms with E-state index in [9.17, 15) is 14.0 Å². The van der Waals surface area contributed by atoms with Crippen LogP contribution in [0.5, 0.6) is 0 Å². The van der Waals surface area contributed by atoms with E-state index in [1.54, 1.807) is 35.5 Å². The van der Waals surface area contributed by atoms with Crippen molar-refractivity contribution in [3.05, 3.63) is 111 Å². The van der Waals surface area contributed by atoms with E-state index in [1.165, 1.54) is 29.7 Å². The van der Waals surface area contributed by atoms with Gasteiger partial charge in [-0.1, -0.05) is 30.3 Å². The average molecular weight is 537 g/mol. The fourth-order valence-electron chi connectivity index (χ4n) is 5.00. The maximum absolute atomic E-state index is 15.1. The zero-order valence-electron chi connectivity index (χ0n) is 20.9. The molecule has 2 aromatic carbocycles. The van der Waals surface area contributed by atoms with E-state index in [0.29, 0.717) is 39.5 Å². The summed E-state index contributed by atoms with van der Waals surface area (Å²) in [5, 5.41) is 4.32. The van der Waals surface area contributed by atoms with Gasteiger partial charge < -0.3 is 19.8 Å². The van der Waals surface area contributed by atoms with Crippen LogP contribution < -0.4 is 10.9 Å². The number of pyridine rings is 1. The van der Waals surface area contributed by atoms with Crippen LogP contribution in [-0.4, -0.2) is 26.9 Å². The minimum Gasteiger partial charge on any atom is -0.381 e. The van der Waals surface area contributed by atoms with Gasteiger partial charge in [-0.25, -0.2) is 8.78 Å². The van der Waals surface area contributed by atoms with E-state index < -0.39 is 5.82 Å². The number of benzene rings is 2. The van der Waals surface area contributed by atoms with Gasteiger partial charge in [-0.05, 0) is 42.7 Å². The molecule has 1 saturated heterocycles. The lowest BCUT2D eigenvalue weighted by Crippen LogP contribution is -2.28. The quantitative estimate of drug-likeness (QED) is 0.316. The molecular weight excluding hydrogens is 510 g/mol. The molecule has 3 heterocycles. The summed E-state index contributed by atoms with van der Waals surface area (Å²) in [4.78, 5) is 29.1. The second-order valence-corrected chi connectivity index (χ2v) is 9.97. The number of amides is 1. The molecule has 0 bridgehead atoms. The SMILES string of the molecule is C=C(NCc1cc2c(Cl)c[nH]c2cc1F)c1ccc(=O)n(Cc2ccc(C3CCCN3C(C)=O)cc2F)c1. The molecule has 1 aliphatic heterocycles. The van der Waals surface area contributed by atoms with Crippen molar-refractivity contribution in [1.82, 2.24) is 19.8 Å². The standard InChI is InChI=1S/C29H27ClF2N4O2/c1-17(33-13-22-10-23-24(30)14-34-27(23)12-26(22)32)20-7-8-29(38)35(15-20)16-21-6-5-19(11-25(21)31)28-4-3-9-36(28)18(2)37/h5-8,10-12,14-15,28,33-34H,1,3-4,9,13,16H2,2H3. The lowest BCUT2D eigenvalue weighted by molar-refractivity contribution is -0.129. The molecule has 1 fully saturated rings. The van der Waals surface area contributed by atoms with Gasteiger partial charge in [-0.2, -0.15) is 0 Å². The highest BCUT2D eigenvalue weighted by Crippen LogP contribution is 2.33. The summed E-state index contributed by atoms with van der Waals surface area (Å²) in [5.41, 5.74) is 2.96. The maximum atomic E-state index is 15.1. The largest absolute Gasteiger partial charge is 0.381 e. The van der Waals surface area contributed by atoms with Crippen molar-refractivity contribution in [3.8, 4) is 0 Å². The zero-order chi connectivity index (χ0) is 27.0. The Morgan fingerprint density at radius 2 is 1.95 bits per heavy atom. The van der Waals surface area contributed by atoms with Crippen LogP contribution in [-0.2, 0) is 17.9 Å². The van der Waals surface area contributed by atoms with Crippen LogP contribution in [0.4, 0.5) is 8.78 Å². The highest BCUT2D eigenvalue weighted by atomic mass is 35.5. The Bertz CT molecular complexity index is 1610. The lowest BCUT2D eigenvalue weighted by Gasteiger charge is -2.24. The Balaban J connectivity index is 1.31. The van der Waals surface area contributed by atoms with E-state index in [4.69, 9.17) is 11.6 Å². The Kier molecular flexibility index (Phi) is 7.08. The first-order chi connectivity index (χ1) is 18.2. The van der Waals surface area contributed by atoms with Crippen molar-refractivity contribution in [2.24, 2.45) is 0 Å². The van der Waals surface area contributed by atoms with E-state index in [-0.39, 0.29) is 36.4 Å². The number of halogens is 3. The van der Waals surface area contributed by atoms with E-state index in [0.717, 1.165) is 23.8 Å². The number of H-pyrrole nitrogens is 1. The van der Waals surface area contributed by atoms with Gasteiger partial charge in [0, 0.05) is 71.8 Å². The van der Waals surface area contributed by atoms with Crippen molar-refractivity contribution in [2.45, 2.75) is 38.9 Å². The van der Waals surface area contributed by atoms with Crippen LogP contribution in [0.3, 0.4) is 0 Å². The molecule has 5 rings (SSSR count). The second-order valence-electron chi connectivity index (χ2n) is 9.56. The number of aromatic amines is 1. The van der Waals surface area contributed by atoms with Crippen molar-refractivity contribution < 1.29 is 13.6 Å². The predicted octanol–water partition coefficient (Wildman–Crippen LogP) is 5.75. The van der Waals surface area contributed by atoms with Gasteiger partial charge in [0.1, 0.15) is 11.6 Å². The molecular formula is C29H27ClF2N4O2. The topological polar surface area (TPSA) is 70.1 Å². The minimum absolute atomic E-state index is 0.0225. The van der Waals surface area contributed by atoms with Gasteiger partial charge in [0.05, 0.1) is 17.6 Å². The predicted molar refractivity (Wildman–Crippen MR) is 145 cm³/mol. The molecule has 1 amide bonds. The summed E-state index contributed by atoms with van der Waals surface area (Å²) in [6.45, 7) is 6.42. The number of nitrogens with one attached hydrogen (secondary N) is 2. The average Bonchev–Trinajstić information content (AvgIpc) is 3.52. The maximum Gasteiger partial charge on any atom is 0.250 e. The van der Waals surface area contributed by atoms with Gasteiger partial charge in [0.2, 0.25) is 5.91 Å². The van der Waals surface area contributed by atoms with Gasteiger partial charge in [-0.3, -0.25) is 9.59 Å². The van der Waals surface area contributed by atoms with Crippen LogP contribution in [0.15, 0.2) is 66.2 Å². The van der Waals surface area contributed by atoms with E-state index in [2.05, 4.69) is 16.9 Å². The normalized spacial score (nSPS) is 15.3. The first-order valence-electron chi connectivity index (χ1n) is 12.4. The van der Waals surface area contributed by atoms with Crippen molar-refractivity contribution in [2.75, 3.05) is 6.54 Å². The molecule has 0 spiro atoms. The smallest absolute Gasteiger partial charge is 0.250 e. The highest BCUT2D eigenvalue weighted by Gasteiger charge is 2.28. The fourth-order valence-corrected chi connectivity index (χ4v) is 5.21. The van der Waals surface area contributed by atoms with Gasteiger partial charge >= 0.3 is 0 Å². The molecule has 196 valence electrons. The van der Waals surface area contributed by atoms with Crippen molar-refractivity contribution in [1.29, 1.82) is 0 Å². The fraction of sp³-hybridized carbons (Fsp3) is 0.241. The van der Waals surface area contributed by atoms with Crippen molar-refractivity contribution in [3.63, 3.8) is 0 Å². The summed E-state index contributed by atoms with van der Waals surface area (Å²) in [6.07, 6.45) is 4.89. The van der Waals surface area contributed by atoms with Crippen LogP contribution in [0.1, 0.15) is 48.1 Å². The second kappa shape index (κ2) is 10.5. The Labute approximate surface area is 223 Å². The Hall–Kier alpha value is -3.91. The molecule has 4 aromatic rings. The number of fused-ring (bicyclic) bond motifs is 1. The molecule has 9 heteroatoms. The number of carbonyl (C=O) groups is 1. The molecule has 0 radical (unpaired) electrons. The first-order valence-corrected chi connectivity index (χ1v) is 12.7. The van der Waals surface area contributed by atoms with Crippen LogP contribution in [0, 0.1) is 11.6 Å². The Morgan fingerprint density at radius 3 is 2.71 bits per heavy atom. The number of aromatic nitrogens is 2. The first kappa shape index (κ1) is 25.7. The third kappa shape index (κ3) is 5.09. The molecule has 0 aliphatic carbocycles. The molecule has 2 N–H and O–H groups in total. The monoisotopic (exact) mass is 536 g/mol. The van der Waals surface area contributed by atoms with Gasteiger partial charge in [-0.15, -0.1) is 0 Å². The molecule has 1 atom stereocenters. The summed E-state index contributed by atoms with van der Waals surface area (Å²) >= 11 is 6.16. The number of hydrogen-bond acceptors (Lipinski definition) is 3. The number of likely N-dealkylation sites (tertiary alicyclic amines) is 1. The Morgan fingerprint density at radius 1 is 1.16 bits per heavy atom. The highest BCUT2D eigenvalue weighted by molar-refractivity contribution is 6.35. The van der Waals surface area contributed by atoms with E-state index in [1.807, 2.05) is 6.07 Å². The lowest BCUT2D eigenvalue weighted by atomic mass is 10.0. The molecule has 0 saturated carbocycles. The van der Waals surface area contributed by atoms with Crippen LogP contribution in [0.25, 0.3) is 16.6 Å². The summed E-state index contributed by atoms with van der Waals surface area (Å²) in [6, 6.07) is 10.9. The summed E-state index contributed by atoms with van der Waals surface area (Å²) in [7, 11) is 0. The van der Waals surface area contributed by atoms with Crippen molar-refractivity contribution >= 4 is 34.1 Å². The molecule has 38 heavy (non-hydrogen) atoms. The molecule has 6 nitrogen and oxygen atoms in total. The number of rotatable bonds is 7. The zero-order valence-corrected chi connectivity index (χ0v) is 21.6. The minimum atomic E-state index is -0.429. The van der Waals surface area contributed by atoms with Gasteiger partial charge in [0.25, 0.3) is 5.56 Å². The third-order valence-corrected chi connectivity index (χ3v) is 7.39. The number of carbonyl (C=O) groups excluding carboxylic acids is 1. The van der Waals surface area contributed by atoms with Crippen LogP contribution >= 0.6 is 11.6 Å². The molecule has 1 aliphatic rings. The number of hydrogen-bond donors (Lipinski definition) is 2. The van der Waals surface area contributed by atoms with Crippen LogP contribution in [0.2, 0.25) is 5.02 Å². The summed E-state index contributed by atoms with van der Waals surface area (Å²) < 4.78 is 31.0.